The van der Waals surface area contributed by atoms with Crippen molar-refractivity contribution in [2.24, 2.45) is 5.92 Å². The number of rotatable bonds is 28. The number of hydrogen-bond donors (Lipinski definition) is 1. The summed E-state index contributed by atoms with van der Waals surface area (Å²) in [6.45, 7) is 7.49. The maximum Gasteiger partial charge on any atom is 0.472 e. The van der Waals surface area contributed by atoms with Crippen LogP contribution in [0.25, 0.3) is 0 Å². The van der Waals surface area contributed by atoms with Gasteiger partial charge in [-0.2, -0.15) is 0 Å². The molecule has 244 valence electrons. The van der Waals surface area contributed by atoms with Crippen LogP contribution in [-0.2, 0) is 24.8 Å². The van der Waals surface area contributed by atoms with Gasteiger partial charge in [-0.05, 0) is 76.2 Å². The quantitative estimate of drug-likeness (QED) is 0.0747. The maximum atomic E-state index is 12.6. The number of ketones is 1. The molecule has 0 aliphatic heterocycles. The Hall–Kier alpha value is -1.24. The number of phosphoric ester groups is 1. The van der Waals surface area contributed by atoms with Crippen LogP contribution in [0.5, 0.6) is 5.75 Å². The van der Waals surface area contributed by atoms with Gasteiger partial charge in [-0.25, -0.2) is 4.57 Å². The Kier molecular flexibility index (Phi) is 22.3. The van der Waals surface area contributed by atoms with Crippen molar-refractivity contribution in [2.45, 2.75) is 136 Å². The van der Waals surface area contributed by atoms with E-state index in [4.69, 9.17) is 13.8 Å². The minimum Gasteiger partial charge on any atom is -0.494 e. The van der Waals surface area contributed by atoms with E-state index < -0.39 is 13.9 Å². The van der Waals surface area contributed by atoms with Crippen molar-refractivity contribution in [3.05, 3.63) is 29.8 Å². The van der Waals surface area contributed by atoms with Crippen LogP contribution in [0.15, 0.2) is 24.3 Å². The van der Waals surface area contributed by atoms with Crippen molar-refractivity contribution in [3.63, 3.8) is 0 Å². The number of carbonyl (C=O) groups excluding carboxylic acids is 1. The first kappa shape index (κ1) is 38.8. The highest BCUT2D eigenvalue weighted by molar-refractivity contribution is 7.47. The van der Waals surface area contributed by atoms with Gasteiger partial charge in [-0.1, -0.05) is 90.7 Å². The molecule has 0 saturated carbocycles. The van der Waals surface area contributed by atoms with Gasteiger partial charge >= 0.3 is 7.82 Å². The second-order valence-electron chi connectivity index (χ2n) is 12.1. The molecule has 0 amide bonds. The van der Waals surface area contributed by atoms with Crippen LogP contribution in [0.4, 0.5) is 0 Å². The van der Waals surface area contributed by atoms with Crippen molar-refractivity contribution in [1.82, 2.24) is 4.90 Å². The van der Waals surface area contributed by atoms with Crippen LogP contribution in [0.3, 0.4) is 0 Å². The summed E-state index contributed by atoms with van der Waals surface area (Å²) in [5.74, 6) is 0.956. The second-order valence-corrected chi connectivity index (χ2v) is 13.5. The number of phosphoric acid groups is 1. The van der Waals surface area contributed by atoms with Crippen LogP contribution < -0.4 is 4.74 Å². The Morgan fingerprint density at radius 3 is 2.07 bits per heavy atom. The predicted molar refractivity (Wildman–Crippen MR) is 174 cm³/mol. The summed E-state index contributed by atoms with van der Waals surface area (Å²) in [5, 5.41) is 0. The number of ether oxygens (including phenoxy) is 1. The fourth-order valence-corrected chi connectivity index (χ4v) is 6.19. The average Bonchev–Trinajstić information content (AvgIpc) is 2.94. The average molecular weight is 612 g/mol. The number of likely N-dealkylation sites (N-methyl/N-ethyl adjacent to an activating group) is 1. The molecule has 3 unspecified atom stereocenters. The minimum atomic E-state index is -4.21. The molecule has 7 nitrogen and oxygen atoms in total. The molecular weight excluding hydrogens is 549 g/mol. The third-order valence-corrected chi connectivity index (χ3v) is 8.63. The number of Topliss-reactive ketones (excluding diaryl/α,β-unsaturated/α-hetero) is 1. The molecule has 0 aliphatic rings. The third kappa shape index (κ3) is 20.6. The van der Waals surface area contributed by atoms with Gasteiger partial charge in [0.25, 0.3) is 0 Å². The highest BCUT2D eigenvalue weighted by atomic mass is 31.2. The standard InChI is InChI=1S/C34H62NO6P/c1-6-9-10-11-12-13-14-15-16-17-26-39-34-24-22-30(23-25-34)20-18-21-31(27-32(36)19-7-2)29-40-42(37,38)41-33(8-3)28-35(4)5/h22-25,31,33H,6-21,26-29H2,1-5H3,(H,37,38). The Bertz CT molecular complexity index is 847. The summed E-state index contributed by atoms with van der Waals surface area (Å²) in [4.78, 5) is 24.6. The molecule has 0 aliphatic carbocycles. The van der Waals surface area contributed by atoms with Gasteiger partial charge in [0.05, 0.1) is 19.3 Å². The van der Waals surface area contributed by atoms with Gasteiger partial charge in [0.15, 0.2) is 0 Å². The van der Waals surface area contributed by atoms with E-state index in [1.165, 1.54) is 63.4 Å². The van der Waals surface area contributed by atoms with Crippen molar-refractivity contribution in [3.8, 4) is 5.75 Å². The smallest absolute Gasteiger partial charge is 0.472 e. The summed E-state index contributed by atoms with van der Waals surface area (Å²) in [5.41, 5.74) is 1.21. The molecule has 1 aromatic carbocycles. The van der Waals surface area contributed by atoms with Crippen LogP contribution in [0.1, 0.15) is 129 Å². The molecule has 0 fully saturated rings. The molecule has 3 atom stereocenters. The number of nitrogens with zero attached hydrogens (tertiary/aromatic N) is 1. The van der Waals surface area contributed by atoms with Crippen molar-refractivity contribution in [1.29, 1.82) is 0 Å². The SMILES string of the molecule is CCCCCCCCCCCCOc1ccc(CCCC(COP(=O)(O)OC(CC)CN(C)C)CC(=O)CCC)cc1. The highest BCUT2D eigenvalue weighted by Crippen LogP contribution is 2.46. The molecule has 1 rings (SSSR count). The van der Waals surface area contributed by atoms with Crippen LogP contribution in [-0.4, -0.2) is 55.5 Å². The summed E-state index contributed by atoms with van der Waals surface area (Å²) in [7, 11) is -0.420. The van der Waals surface area contributed by atoms with E-state index in [0.717, 1.165) is 44.5 Å². The molecular formula is C34H62NO6P. The highest BCUT2D eigenvalue weighted by Gasteiger charge is 2.28. The minimum absolute atomic E-state index is 0.0351. The largest absolute Gasteiger partial charge is 0.494 e. The van der Waals surface area contributed by atoms with Crippen LogP contribution in [0, 0.1) is 5.92 Å². The first-order chi connectivity index (χ1) is 20.2. The summed E-state index contributed by atoms with van der Waals surface area (Å²) < 4.78 is 29.3. The van der Waals surface area contributed by atoms with Crippen molar-refractivity contribution < 1.29 is 28.0 Å². The Balaban J connectivity index is 2.39. The maximum absolute atomic E-state index is 12.6. The summed E-state index contributed by atoms with van der Waals surface area (Å²) in [6, 6.07) is 8.28. The number of benzene rings is 1. The number of unbranched alkanes of at least 4 members (excludes halogenated alkanes) is 9. The van der Waals surface area contributed by atoms with Crippen molar-refractivity contribution in [2.75, 3.05) is 33.9 Å². The van der Waals surface area contributed by atoms with E-state index >= 15 is 0 Å². The van der Waals surface area contributed by atoms with E-state index in [0.29, 0.717) is 25.8 Å². The number of hydrogen-bond acceptors (Lipinski definition) is 6. The lowest BCUT2D eigenvalue weighted by Crippen LogP contribution is -2.27. The fourth-order valence-electron chi connectivity index (χ4n) is 5.14. The normalized spacial score (nSPS) is 14.5. The molecule has 1 aromatic rings. The van der Waals surface area contributed by atoms with Gasteiger partial charge in [-0.15, -0.1) is 0 Å². The molecule has 8 heteroatoms. The molecule has 0 heterocycles. The van der Waals surface area contributed by atoms with Gasteiger partial charge in [0.2, 0.25) is 0 Å². The van der Waals surface area contributed by atoms with Gasteiger partial charge in [0, 0.05) is 19.4 Å². The molecule has 0 bridgehead atoms. The van der Waals surface area contributed by atoms with E-state index in [1.54, 1.807) is 0 Å². The van der Waals surface area contributed by atoms with E-state index in [9.17, 15) is 14.3 Å². The Morgan fingerprint density at radius 2 is 1.50 bits per heavy atom. The fraction of sp³-hybridized carbons (Fsp3) is 0.794. The monoisotopic (exact) mass is 611 g/mol. The van der Waals surface area contributed by atoms with Crippen LogP contribution in [0.2, 0.25) is 0 Å². The molecule has 42 heavy (non-hydrogen) atoms. The first-order valence-corrected chi connectivity index (χ1v) is 18.2. The molecule has 0 spiro atoms. The number of aryl methyl sites for hydroxylation is 1. The van der Waals surface area contributed by atoms with Crippen LogP contribution >= 0.6 is 7.82 Å². The molecule has 0 radical (unpaired) electrons. The van der Waals surface area contributed by atoms with E-state index in [-0.39, 0.29) is 18.3 Å². The molecule has 0 aromatic heterocycles. The molecule has 1 N–H and O–H groups in total. The summed E-state index contributed by atoms with van der Waals surface area (Å²) >= 11 is 0. The van der Waals surface area contributed by atoms with Gasteiger partial charge in [0.1, 0.15) is 11.5 Å². The van der Waals surface area contributed by atoms with E-state index in [1.807, 2.05) is 45.0 Å². The third-order valence-electron chi connectivity index (χ3n) is 7.59. The van der Waals surface area contributed by atoms with E-state index in [2.05, 4.69) is 19.1 Å². The Morgan fingerprint density at radius 1 is 0.881 bits per heavy atom. The van der Waals surface area contributed by atoms with Gasteiger partial charge < -0.3 is 14.5 Å². The second kappa shape index (κ2) is 24.1. The lowest BCUT2D eigenvalue weighted by atomic mass is 9.94. The lowest BCUT2D eigenvalue weighted by Gasteiger charge is -2.24. The summed E-state index contributed by atoms with van der Waals surface area (Å²) in [6.07, 6.45) is 17.5. The zero-order chi connectivity index (χ0) is 31.1. The number of carbonyl (C=O) groups is 1. The predicted octanol–water partition coefficient (Wildman–Crippen LogP) is 9.16. The Labute approximate surface area is 257 Å². The zero-order valence-corrected chi connectivity index (χ0v) is 28.4. The zero-order valence-electron chi connectivity index (χ0n) is 27.5. The van der Waals surface area contributed by atoms with Crippen molar-refractivity contribution >= 4 is 13.6 Å². The van der Waals surface area contributed by atoms with Gasteiger partial charge in [-0.3, -0.25) is 13.8 Å². The topological polar surface area (TPSA) is 85.3 Å². The lowest BCUT2D eigenvalue weighted by molar-refractivity contribution is -0.120. The first-order valence-electron chi connectivity index (χ1n) is 16.7. The molecule has 0 saturated heterocycles.